The number of halogens is 2. The highest BCUT2D eigenvalue weighted by molar-refractivity contribution is 6.06. The Morgan fingerprint density at radius 2 is 1.81 bits per heavy atom. The molecule has 0 unspecified atom stereocenters. The highest BCUT2D eigenvalue weighted by atomic mass is 19.3. The summed E-state index contributed by atoms with van der Waals surface area (Å²) in [6, 6.07) is 18.7. The number of hydrogen-bond acceptors (Lipinski definition) is 4. The number of fused-ring (bicyclic) bond motifs is 1. The van der Waals surface area contributed by atoms with Crippen LogP contribution in [0.1, 0.15) is 29.5 Å². The molecule has 158 valence electrons. The highest BCUT2D eigenvalue weighted by Crippen LogP contribution is 2.31. The average Bonchev–Trinajstić information content (AvgIpc) is 3.20. The Balaban J connectivity index is 1.52. The van der Waals surface area contributed by atoms with Gasteiger partial charge in [0.05, 0.1) is 23.3 Å². The Labute approximate surface area is 176 Å². The van der Waals surface area contributed by atoms with Crippen LogP contribution in [0.3, 0.4) is 0 Å². The van der Waals surface area contributed by atoms with Crippen molar-refractivity contribution >= 4 is 22.6 Å². The van der Waals surface area contributed by atoms with Crippen LogP contribution in [0.2, 0.25) is 0 Å². The number of H-pyrrole nitrogens is 1. The van der Waals surface area contributed by atoms with Crippen LogP contribution in [0.15, 0.2) is 66.7 Å². The number of hydrogen-bond donors (Lipinski definition) is 2. The lowest BCUT2D eigenvalue weighted by Gasteiger charge is -2.13. The third-order valence-electron chi connectivity index (χ3n) is 4.47. The maximum Gasteiger partial charge on any atom is 0.295 e. The van der Waals surface area contributed by atoms with Gasteiger partial charge >= 0.3 is 0 Å². The van der Waals surface area contributed by atoms with E-state index in [2.05, 4.69) is 15.3 Å². The second kappa shape index (κ2) is 8.83. The zero-order chi connectivity index (χ0) is 21.8. The molecule has 8 heteroatoms. The number of carbonyl (C=O) groups excluding carboxylic acids is 1. The van der Waals surface area contributed by atoms with Gasteiger partial charge in [-0.25, -0.2) is 13.8 Å². The predicted octanol–water partition coefficient (Wildman–Crippen LogP) is 5.94. The number of benzene rings is 3. The van der Waals surface area contributed by atoms with E-state index in [1.54, 1.807) is 48.5 Å². The summed E-state index contributed by atoms with van der Waals surface area (Å²) in [6.07, 6.45) is -2.71. The van der Waals surface area contributed by atoms with Crippen LogP contribution in [-0.2, 0) is 0 Å². The van der Waals surface area contributed by atoms with E-state index in [1.165, 1.54) is 18.2 Å². The Hall–Kier alpha value is -3.94. The number of alkyl halides is 2. The van der Waals surface area contributed by atoms with Gasteiger partial charge in [0.2, 0.25) is 0 Å². The molecule has 3 aromatic carbocycles. The van der Waals surface area contributed by atoms with Gasteiger partial charge in [-0.15, -0.1) is 0 Å². The topological polar surface area (TPSA) is 76.2 Å². The zero-order valence-corrected chi connectivity index (χ0v) is 16.6. The molecule has 0 atom stereocenters. The van der Waals surface area contributed by atoms with Gasteiger partial charge < -0.3 is 19.8 Å². The van der Waals surface area contributed by atoms with Crippen LogP contribution < -0.4 is 14.8 Å². The molecule has 0 saturated carbocycles. The molecular weight excluding hydrogens is 404 g/mol. The molecule has 0 fully saturated rings. The monoisotopic (exact) mass is 423 g/mol. The maximum absolute atomic E-state index is 12.8. The number of para-hydroxylation sites is 2. The van der Waals surface area contributed by atoms with Crippen molar-refractivity contribution in [1.29, 1.82) is 0 Å². The molecule has 1 aromatic heterocycles. The Kier molecular flexibility index (Phi) is 5.79. The fourth-order valence-corrected chi connectivity index (χ4v) is 3.02. The van der Waals surface area contributed by atoms with E-state index in [4.69, 9.17) is 9.47 Å². The van der Waals surface area contributed by atoms with Gasteiger partial charge in [-0.2, -0.15) is 0 Å². The van der Waals surface area contributed by atoms with E-state index in [9.17, 15) is 13.6 Å². The summed E-state index contributed by atoms with van der Waals surface area (Å²) in [5.74, 6) is 0.950. The number of amides is 1. The van der Waals surface area contributed by atoms with E-state index < -0.39 is 18.2 Å². The lowest BCUT2D eigenvalue weighted by atomic mass is 10.2. The quantitative estimate of drug-likeness (QED) is 0.385. The molecule has 0 radical (unpaired) electrons. The number of nitrogens with zero attached hydrogens (tertiary/aromatic N) is 1. The number of rotatable bonds is 7. The summed E-state index contributed by atoms with van der Waals surface area (Å²) in [4.78, 5) is 19.1. The molecule has 2 N–H and O–H groups in total. The standard InChI is InChI=1S/C23H19F2N3O3/c1-2-30-15-8-10-16(11-9-15)31-20-6-4-3-5-18(20)28-23(29)14-7-12-17-19(13-14)27-22(26-17)21(24)25/h3-13,21H,2H2,1H3,(H,26,27)(H,28,29). The summed E-state index contributed by atoms with van der Waals surface area (Å²) in [5.41, 5.74) is 1.50. The van der Waals surface area contributed by atoms with Gasteiger partial charge in [0, 0.05) is 5.56 Å². The van der Waals surface area contributed by atoms with Crippen molar-refractivity contribution < 1.29 is 23.0 Å². The van der Waals surface area contributed by atoms with E-state index in [-0.39, 0.29) is 0 Å². The highest BCUT2D eigenvalue weighted by Gasteiger charge is 2.15. The molecule has 1 amide bonds. The SMILES string of the molecule is CCOc1ccc(Oc2ccccc2NC(=O)c2ccc3nc(C(F)F)[nH]c3c2)cc1. The van der Waals surface area contributed by atoms with Crippen molar-refractivity contribution in [2.45, 2.75) is 13.3 Å². The number of aromatic nitrogens is 2. The fraction of sp³-hybridized carbons (Fsp3) is 0.130. The molecule has 4 aromatic rings. The first-order valence-electron chi connectivity index (χ1n) is 9.62. The third-order valence-corrected chi connectivity index (χ3v) is 4.47. The molecule has 4 rings (SSSR count). The summed E-state index contributed by atoms with van der Waals surface area (Å²) in [7, 11) is 0. The number of nitrogens with one attached hydrogen (secondary N) is 2. The third kappa shape index (κ3) is 4.63. The lowest BCUT2D eigenvalue weighted by molar-refractivity contribution is 0.102. The van der Waals surface area contributed by atoms with Crippen molar-refractivity contribution in [3.8, 4) is 17.2 Å². The Morgan fingerprint density at radius 1 is 1.06 bits per heavy atom. The summed E-state index contributed by atoms with van der Waals surface area (Å²) < 4.78 is 37.0. The fourth-order valence-electron chi connectivity index (χ4n) is 3.02. The van der Waals surface area contributed by atoms with Crippen LogP contribution in [0, 0.1) is 0 Å². The molecule has 0 saturated heterocycles. The largest absolute Gasteiger partial charge is 0.494 e. The number of imidazole rings is 1. The lowest BCUT2D eigenvalue weighted by Crippen LogP contribution is -2.12. The van der Waals surface area contributed by atoms with E-state index in [1.807, 2.05) is 6.92 Å². The van der Waals surface area contributed by atoms with Crippen molar-refractivity contribution in [2.75, 3.05) is 11.9 Å². The minimum atomic E-state index is -2.71. The average molecular weight is 423 g/mol. The van der Waals surface area contributed by atoms with Gasteiger partial charge in [0.1, 0.15) is 11.5 Å². The molecule has 0 spiro atoms. The molecule has 6 nitrogen and oxygen atoms in total. The molecule has 0 aliphatic rings. The molecule has 31 heavy (non-hydrogen) atoms. The Morgan fingerprint density at radius 3 is 2.55 bits per heavy atom. The van der Waals surface area contributed by atoms with Crippen molar-refractivity contribution in [1.82, 2.24) is 9.97 Å². The van der Waals surface area contributed by atoms with E-state index in [0.717, 1.165) is 5.75 Å². The molecular formula is C23H19F2N3O3. The first-order chi connectivity index (χ1) is 15.0. The van der Waals surface area contributed by atoms with Gasteiger partial charge in [-0.1, -0.05) is 12.1 Å². The Bertz CT molecular complexity index is 1210. The van der Waals surface area contributed by atoms with Gasteiger partial charge in [0.15, 0.2) is 11.6 Å². The number of ether oxygens (including phenoxy) is 2. The second-order valence-corrected chi connectivity index (χ2v) is 6.61. The van der Waals surface area contributed by atoms with Gasteiger partial charge in [-0.05, 0) is 61.5 Å². The van der Waals surface area contributed by atoms with Gasteiger partial charge in [-0.3, -0.25) is 4.79 Å². The normalized spacial score (nSPS) is 11.0. The van der Waals surface area contributed by atoms with Crippen molar-refractivity contribution in [2.24, 2.45) is 0 Å². The molecule has 0 bridgehead atoms. The minimum Gasteiger partial charge on any atom is -0.494 e. The van der Waals surface area contributed by atoms with Crippen molar-refractivity contribution in [3.63, 3.8) is 0 Å². The number of carbonyl (C=O) groups is 1. The smallest absolute Gasteiger partial charge is 0.295 e. The van der Waals surface area contributed by atoms with Crippen LogP contribution >= 0.6 is 0 Å². The van der Waals surface area contributed by atoms with Crippen LogP contribution in [0.4, 0.5) is 14.5 Å². The number of anilines is 1. The van der Waals surface area contributed by atoms with Crippen LogP contribution in [0.5, 0.6) is 17.2 Å². The molecule has 0 aliphatic heterocycles. The predicted molar refractivity (Wildman–Crippen MR) is 113 cm³/mol. The second-order valence-electron chi connectivity index (χ2n) is 6.61. The van der Waals surface area contributed by atoms with Gasteiger partial charge in [0.25, 0.3) is 12.3 Å². The minimum absolute atomic E-state index is 0.299. The van der Waals surface area contributed by atoms with Crippen LogP contribution in [-0.4, -0.2) is 22.5 Å². The molecule has 0 aliphatic carbocycles. The summed E-state index contributed by atoms with van der Waals surface area (Å²) in [5, 5.41) is 2.80. The summed E-state index contributed by atoms with van der Waals surface area (Å²) in [6.45, 7) is 2.48. The van der Waals surface area contributed by atoms with Crippen molar-refractivity contribution in [3.05, 3.63) is 78.1 Å². The summed E-state index contributed by atoms with van der Waals surface area (Å²) >= 11 is 0. The van der Waals surface area contributed by atoms with E-state index in [0.29, 0.717) is 40.4 Å². The number of aromatic amines is 1. The first-order valence-corrected chi connectivity index (χ1v) is 9.62. The zero-order valence-electron chi connectivity index (χ0n) is 16.6. The molecule has 1 heterocycles. The maximum atomic E-state index is 12.8. The van der Waals surface area contributed by atoms with Crippen LogP contribution in [0.25, 0.3) is 11.0 Å². The van der Waals surface area contributed by atoms with E-state index >= 15 is 0 Å². The first kappa shape index (κ1) is 20.3.